The third-order valence-corrected chi connectivity index (χ3v) is 9.83. The van der Waals surface area contributed by atoms with Crippen LogP contribution in [0.5, 0.6) is 5.75 Å². The number of rotatable bonds is 7. The molecule has 220 valence electrons. The van der Waals surface area contributed by atoms with Crippen LogP contribution in [-0.4, -0.2) is 81.7 Å². The van der Waals surface area contributed by atoms with Crippen molar-refractivity contribution >= 4 is 16.9 Å². The van der Waals surface area contributed by atoms with E-state index in [1.807, 2.05) is 12.1 Å². The summed E-state index contributed by atoms with van der Waals surface area (Å²) < 4.78 is 85.6. The van der Waals surface area contributed by atoms with Gasteiger partial charge in [0.25, 0.3) is 0 Å². The summed E-state index contributed by atoms with van der Waals surface area (Å²) in [6.07, 6.45) is -6.89. The van der Waals surface area contributed by atoms with Crippen LogP contribution < -0.4 is 4.74 Å². The highest BCUT2D eigenvalue weighted by molar-refractivity contribution is 8.22. The predicted octanol–water partition coefficient (Wildman–Crippen LogP) is 5.44. The fourth-order valence-corrected chi connectivity index (χ4v) is 7.34. The first-order valence-electron chi connectivity index (χ1n) is 13.0. The first kappa shape index (κ1) is 29.0. The number of halogens is 3. The molecule has 0 bridgehead atoms. The summed E-state index contributed by atoms with van der Waals surface area (Å²) in [5, 5.41) is 0. The lowest BCUT2D eigenvalue weighted by atomic mass is 9.87. The molecule has 9 nitrogen and oxygen atoms in total. The van der Waals surface area contributed by atoms with Crippen molar-refractivity contribution in [2.75, 3.05) is 33.4 Å². The molecule has 3 aliphatic rings. The van der Waals surface area contributed by atoms with E-state index < -0.39 is 41.4 Å². The van der Waals surface area contributed by atoms with Gasteiger partial charge in [0, 0.05) is 19.6 Å². The molecule has 3 heterocycles. The minimum atomic E-state index is -4.79. The number of likely N-dealkylation sites (tertiary alicyclic amines) is 1. The number of carbonyl (C=O) groups is 1. The van der Waals surface area contributed by atoms with Gasteiger partial charge in [0.1, 0.15) is 5.75 Å². The molecule has 2 unspecified atom stereocenters. The molecule has 2 atom stereocenters. The fourth-order valence-electron chi connectivity index (χ4n) is 5.47. The zero-order valence-electron chi connectivity index (χ0n) is 22.0. The molecule has 0 saturated carbocycles. The van der Waals surface area contributed by atoms with Gasteiger partial charge in [-0.1, -0.05) is 30.3 Å². The molecule has 0 aliphatic carbocycles. The quantitative estimate of drug-likeness (QED) is 0.442. The number of hydrogen-bond acceptors (Lipinski definition) is 8. The third-order valence-electron chi connectivity index (χ3n) is 7.76. The Labute approximate surface area is 232 Å². The minimum Gasteiger partial charge on any atom is -0.497 e. The van der Waals surface area contributed by atoms with Crippen LogP contribution in [0.25, 0.3) is 0 Å². The monoisotopic (exact) mass is 586 g/mol. The Balaban J connectivity index is 1.12. The lowest BCUT2D eigenvalue weighted by Crippen LogP contribution is -2.49. The van der Waals surface area contributed by atoms with E-state index in [-0.39, 0.29) is 25.7 Å². The Morgan fingerprint density at radius 2 is 1.85 bits per heavy atom. The maximum absolute atomic E-state index is 13.6. The van der Waals surface area contributed by atoms with Gasteiger partial charge in [0.15, 0.2) is 0 Å². The fraction of sp³-hybridized carbons (Fsp3) is 0.519. The van der Waals surface area contributed by atoms with Crippen molar-refractivity contribution in [3.8, 4) is 5.75 Å². The van der Waals surface area contributed by atoms with Gasteiger partial charge in [0.2, 0.25) is 6.10 Å². The smallest absolute Gasteiger partial charge is 0.427 e. The molecule has 2 saturated heterocycles. The zero-order valence-corrected chi connectivity index (χ0v) is 22.8. The van der Waals surface area contributed by atoms with E-state index in [1.54, 1.807) is 40.7 Å². The van der Waals surface area contributed by atoms with Crippen LogP contribution in [-0.2, 0) is 27.4 Å². The third kappa shape index (κ3) is 6.04. The van der Waals surface area contributed by atoms with Gasteiger partial charge in [0.05, 0.1) is 43.5 Å². The van der Waals surface area contributed by atoms with E-state index in [0.29, 0.717) is 48.6 Å². The first-order valence-corrected chi connectivity index (χ1v) is 14.5. The molecule has 40 heavy (non-hydrogen) atoms. The number of carbonyl (C=O) groups excluding carboxylic acids is 1. The lowest BCUT2D eigenvalue weighted by molar-refractivity contribution is -0.220. The number of hydrogen-bond donors (Lipinski definition) is 2. The van der Waals surface area contributed by atoms with E-state index in [1.165, 1.54) is 12.0 Å². The van der Waals surface area contributed by atoms with E-state index in [4.69, 9.17) is 18.9 Å². The number of alkyl halides is 3. The van der Waals surface area contributed by atoms with Gasteiger partial charge in [-0.25, -0.2) is 4.79 Å². The second kappa shape index (κ2) is 11.4. The minimum absolute atomic E-state index is 0.0777. The van der Waals surface area contributed by atoms with Crippen LogP contribution in [0, 0.1) is 0 Å². The Hall–Kier alpha value is -2.55. The molecule has 3 aliphatic heterocycles. The summed E-state index contributed by atoms with van der Waals surface area (Å²) in [5.41, 5.74) is 0.938. The summed E-state index contributed by atoms with van der Waals surface area (Å²) in [4.78, 5) is 14.5. The number of piperidine rings is 1. The number of amides is 1. The first-order chi connectivity index (χ1) is 19.0. The van der Waals surface area contributed by atoms with Crippen LogP contribution in [0.1, 0.15) is 30.4 Å². The van der Waals surface area contributed by atoms with Crippen molar-refractivity contribution in [2.24, 2.45) is 0 Å². The standard InChI is InChI=1S/C27H33F3N2O7S/c1-36-22-8-6-19(7-9-22)16-37-18-24(27(28,29)30)39-25(33)31-12-10-26(11-13-31)14-21(17-38-26)32-15-20-4-2-3-5-23(20)40(32,34)35/h2-9,21,24,34-35H,10-18H2,1H3. The highest BCUT2D eigenvalue weighted by Crippen LogP contribution is 2.61. The summed E-state index contributed by atoms with van der Waals surface area (Å²) in [7, 11) is -1.61. The molecule has 1 amide bonds. The highest BCUT2D eigenvalue weighted by Gasteiger charge is 2.50. The van der Waals surface area contributed by atoms with E-state index in [9.17, 15) is 27.1 Å². The van der Waals surface area contributed by atoms with Gasteiger partial charge in [-0.15, -0.1) is 10.8 Å². The molecule has 0 radical (unpaired) electrons. The zero-order chi connectivity index (χ0) is 28.5. The Kier molecular flexibility index (Phi) is 8.24. The highest BCUT2D eigenvalue weighted by atomic mass is 32.3. The van der Waals surface area contributed by atoms with Crippen LogP contribution >= 0.6 is 10.8 Å². The van der Waals surface area contributed by atoms with Crippen LogP contribution in [0.15, 0.2) is 53.4 Å². The average Bonchev–Trinajstić information content (AvgIpc) is 3.46. The second-order valence-electron chi connectivity index (χ2n) is 10.3. The summed E-state index contributed by atoms with van der Waals surface area (Å²) in [5.74, 6) is 0.616. The largest absolute Gasteiger partial charge is 0.497 e. The van der Waals surface area contributed by atoms with Crippen molar-refractivity contribution in [3.05, 3.63) is 59.7 Å². The van der Waals surface area contributed by atoms with Gasteiger partial charge in [-0.2, -0.15) is 17.5 Å². The van der Waals surface area contributed by atoms with Crippen molar-refractivity contribution in [1.29, 1.82) is 0 Å². The molecule has 0 aromatic heterocycles. The van der Waals surface area contributed by atoms with E-state index >= 15 is 0 Å². The molecule has 2 fully saturated rings. The maximum Gasteiger partial charge on any atom is 0.427 e. The Morgan fingerprint density at radius 1 is 1.15 bits per heavy atom. The second-order valence-corrected chi connectivity index (χ2v) is 12.3. The molecule has 2 N–H and O–H groups in total. The van der Waals surface area contributed by atoms with E-state index in [0.717, 1.165) is 5.56 Å². The lowest BCUT2D eigenvalue weighted by Gasteiger charge is -2.41. The van der Waals surface area contributed by atoms with Gasteiger partial charge >= 0.3 is 12.3 Å². The number of benzene rings is 2. The Morgan fingerprint density at radius 3 is 2.50 bits per heavy atom. The topological polar surface area (TPSA) is 101 Å². The van der Waals surface area contributed by atoms with Crippen molar-refractivity contribution < 1.29 is 46.0 Å². The molecular formula is C27H33F3N2O7S. The van der Waals surface area contributed by atoms with Crippen molar-refractivity contribution in [1.82, 2.24) is 9.21 Å². The normalized spacial score (nSPS) is 23.6. The maximum atomic E-state index is 13.6. The predicted molar refractivity (Wildman–Crippen MR) is 140 cm³/mol. The molecule has 13 heteroatoms. The van der Waals surface area contributed by atoms with Crippen LogP contribution in [0.2, 0.25) is 0 Å². The van der Waals surface area contributed by atoms with Crippen molar-refractivity contribution in [3.63, 3.8) is 0 Å². The molecule has 5 rings (SSSR count). The average molecular weight is 587 g/mol. The Bertz CT molecular complexity index is 1190. The van der Waals surface area contributed by atoms with Gasteiger partial charge in [-0.05, 0) is 48.6 Å². The van der Waals surface area contributed by atoms with Gasteiger partial charge in [-0.3, -0.25) is 9.11 Å². The van der Waals surface area contributed by atoms with Crippen LogP contribution in [0.4, 0.5) is 18.0 Å². The van der Waals surface area contributed by atoms with Crippen LogP contribution in [0.3, 0.4) is 0 Å². The number of methoxy groups -OCH3 is 1. The summed E-state index contributed by atoms with van der Waals surface area (Å²) >= 11 is 0. The number of fused-ring (bicyclic) bond motifs is 1. The van der Waals surface area contributed by atoms with E-state index in [2.05, 4.69) is 0 Å². The SMILES string of the molecule is COc1ccc(COCC(OC(=O)N2CCC3(CC2)CC(N2Cc4ccccc4S2(O)O)CO3)C(F)(F)F)cc1. The molecule has 1 spiro atoms. The number of ether oxygens (including phenoxy) is 4. The van der Waals surface area contributed by atoms with Crippen molar-refractivity contribution in [2.45, 2.75) is 61.2 Å². The van der Waals surface area contributed by atoms with Gasteiger partial charge < -0.3 is 23.8 Å². The molecule has 2 aromatic rings. The molecule has 2 aromatic carbocycles. The summed E-state index contributed by atoms with van der Waals surface area (Å²) in [6, 6.07) is 13.7. The molecular weight excluding hydrogens is 553 g/mol. The summed E-state index contributed by atoms with van der Waals surface area (Å²) in [6.45, 7) is 0.134. The number of nitrogens with zero attached hydrogens (tertiary/aromatic N) is 2.